The number of nitrogens with one attached hydrogen (secondary N) is 1. The fourth-order valence-electron chi connectivity index (χ4n) is 5.24. The molecule has 3 unspecified atom stereocenters. The van der Waals surface area contributed by atoms with Crippen LogP contribution in [0, 0.1) is 28.4 Å². The van der Waals surface area contributed by atoms with E-state index in [1.165, 1.54) is 12.1 Å². The van der Waals surface area contributed by atoms with Gasteiger partial charge in [0.25, 0.3) is 0 Å². The van der Waals surface area contributed by atoms with Gasteiger partial charge in [-0.3, -0.25) is 0 Å². The fraction of sp³-hybridized carbons (Fsp3) is 0.480. The van der Waals surface area contributed by atoms with Crippen LogP contribution in [0.5, 0.6) is 0 Å². The van der Waals surface area contributed by atoms with Gasteiger partial charge in [0.1, 0.15) is 17.0 Å². The Balaban J connectivity index is 2.23. The molecule has 1 fully saturated rings. The van der Waals surface area contributed by atoms with Crippen LogP contribution in [0.15, 0.2) is 36.4 Å². The van der Waals surface area contributed by atoms with Crippen LogP contribution in [0.4, 0.5) is 8.78 Å². The lowest BCUT2D eigenvalue weighted by Crippen LogP contribution is -2.45. The Kier molecular flexibility index (Phi) is 7.31. The molecular weight excluding hydrogens is 437 g/mol. The number of hydrogen-bond acceptors (Lipinski definition) is 2. The van der Waals surface area contributed by atoms with Crippen molar-refractivity contribution < 1.29 is 8.78 Å². The molecule has 2 aromatic carbocycles. The van der Waals surface area contributed by atoms with Crippen LogP contribution < -0.4 is 5.32 Å². The molecule has 0 saturated carbocycles. The van der Waals surface area contributed by atoms with Gasteiger partial charge in [-0.2, -0.15) is 5.26 Å². The smallest absolute Gasteiger partial charge is 0.145 e. The van der Waals surface area contributed by atoms with Crippen LogP contribution in [-0.4, -0.2) is 12.6 Å². The van der Waals surface area contributed by atoms with Gasteiger partial charge in [0.2, 0.25) is 0 Å². The molecule has 6 heteroatoms. The molecule has 3 atom stereocenters. The maximum Gasteiger partial charge on any atom is 0.145 e. The first-order valence-electron chi connectivity index (χ1n) is 10.8. The highest BCUT2D eigenvalue weighted by molar-refractivity contribution is 6.31. The second-order valence-corrected chi connectivity index (χ2v) is 9.37. The van der Waals surface area contributed by atoms with E-state index in [2.05, 4.69) is 32.2 Å². The lowest BCUT2D eigenvalue weighted by Gasteiger charge is -2.40. The Bertz CT molecular complexity index is 976. The molecule has 1 heterocycles. The molecule has 1 aliphatic heterocycles. The molecule has 0 radical (unpaired) electrons. The van der Waals surface area contributed by atoms with Crippen LogP contribution in [-0.2, 0) is 5.41 Å². The SMILES string of the molecule is CCC(CC)(CC)CC1NCC(c2cccc(Cl)c2F)C1(C#N)c1ccc(Cl)cc1F. The zero-order chi connectivity index (χ0) is 22.8. The van der Waals surface area contributed by atoms with Crippen LogP contribution in [0.3, 0.4) is 0 Å². The number of rotatable bonds is 7. The van der Waals surface area contributed by atoms with E-state index in [0.717, 1.165) is 19.3 Å². The first kappa shape index (κ1) is 24.0. The van der Waals surface area contributed by atoms with Crippen molar-refractivity contribution in [1.29, 1.82) is 5.26 Å². The molecule has 0 aromatic heterocycles. The summed E-state index contributed by atoms with van der Waals surface area (Å²) in [6.45, 7) is 6.79. The van der Waals surface area contributed by atoms with Gasteiger partial charge in [0, 0.05) is 29.1 Å². The summed E-state index contributed by atoms with van der Waals surface area (Å²) in [6.07, 6.45) is 3.52. The molecule has 166 valence electrons. The minimum absolute atomic E-state index is 0.00440. The monoisotopic (exact) mass is 464 g/mol. The third kappa shape index (κ3) is 4.09. The summed E-state index contributed by atoms with van der Waals surface area (Å²) in [5, 5.41) is 14.3. The van der Waals surface area contributed by atoms with Crippen molar-refractivity contribution in [1.82, 2.24) is 5.32 Å². The molecule has 2 nitrogen and oxygen atoms in total. The summed E-state index contributed by atoms with van der Waals surface area (Å²) in [4.78, 5) is 0. The first-order chi connectivity index (χ1) is 14.8. The van der Waals surface area contributed by atoms with E-state index < -0.39 is 23.0 Å². The predicted octanol–water partition coefficient (Wildman–Crippen LogP) is 7.40. The first-order valence-corrected chi connectivity index (χ1v) is 11.6. The lowest BCUT2D eigenvalue weighted by molar-refractivity contribution is 0.184. The highest BCUT2D eigenvalue weighted by Crippen LogP contribution is 2.51. The summed E-state index contributed by atoms with van der Waals surface area (Å²) < 4.78 is 30.4. The van der Waals surface area contributed by atoms with Crippen molar-refractivity contribution in [2.24, 2.45) is 5.41 Å². The third-order valence-corrected chi connectivity index (χ3v) is 8.00. The molecule has 1 saturated heterocycles. The lowest BCUT2D eigenvalue weighted by atomic mass is 9.62. The summed E-state index contributed by atoms with van der Waals surface area (Å²) in [6, 6.07) is 11.3. The number of benzene rings is 2. The Morgan fingerprint density at radius 3 is 2.39 bits per heavy atom. The quantitative estimate of drug-likeness (QED) is 0.463. The molecule has 2 aromatic rings. The number of hydrogen-bond donors (Lipinski definition) is 1. The Labute approximate surface area is 193 Å². The zero-order valence-electron chi connectivity index (χ0n) is 18.1. The number of nitriles is 1. The predicted molar refractivity (Wildman–Crippen MR) is 123 cm³/mol. The van der Waals surface area contributed by atoms with Crippen LogP contribution in [0.25, 0.3) is 0 Å². The van der Waals surface area contributed by atoms with E-state index >= 15 is 8.78 Å². The van der Waals surface area contributed by atoms with Gasteiger partial charge < -0.3 is 5.32 Å². The van der Waals surface area contributed by atoms with Gasteiger partial charge in [-0.15, -0.1) is 0 Å². The number of halogens is 4. The molecule has 0 bridgehead atoms. The van der Waals surface area contributed by atoms with Gasteiger partial charge in [0.15, 0.2) is 0 Å². The highest BCUT2D eigenvalue weighted by Gasteiger charge is 2.55. The molecule has 3 rings (SSSR count). The standard InChI is InChI=1S/C25H28Cl2F2N2/c1-4-24(5-2,6-3)13-22-25(15-30,18-11-10-16(26)12-21(18)28)19(14-31-22)17-8-7-9-20(27)23(17)29/h7-12,19,22,31H,4-6,13-14H2,1-3H3. The maximum atomic E-state index is 15.3. The Morgan fingerprint density at radius 2 is 1.81 bits per heavy atom. The van der Waals surface area contributed by atoms with Gasteiger partial charge in [-0.1, -0.05) is 81.4 Å². The van der Waals surface area contributed by atoms with Crippen LogP contribution >= 0.6 is 23.2 Å². The molecule has 1 N–H and O–H groups in total. The van der Waals surface area contributed by atoms with Gasteiger partial charge in [0.05, 0.1) is 11.1 Å². The molecule has 0 aliphatic carbocycles. The van der Waals surface area contributed by atoms with E-state index in [0.29, 0.717) is 18.5 Å². The minimum Gasteiger partial charge on any atom is -0.311 e. The highest BCUT2D eigenvalue weighted by atomic mass is 35.5. The Hall–Kier alpha value is -1.67. The summed E-state index contributed by atoms with van der Waals surface area (Å²) >= 11 is 12.1. The van der Waals surface area contributed by atoms with E-state index in [-0.39, 0.29) is 27.1 Å². The summed E-state index contributed by atoms with van der Waals surface area (Å²) in [5.41, 5.74) is -0.723. The Morgan fingerprint density at radius 1 is 1.13 bits per heavy atom. The van der Waals surface area contributed by atoms with E-state index in [4.69, 9.17) is 23.2 Å². The minimum atomic E-state index is -1.30. The van der Waals surface area contributed by atoms with Gasteiger partial charge in [-0.05, 0) is 35.6 Å². The van der Waals surface area contributed by atoms with Crippen molar-refractivity contribution in [2.45, 2.75) is 63.8 Å². The van der Waals surface area contributed by atoms with Crippen molar-refractivity contribution in [2.75, 3.05) is 6.54 Å². The fourth-order valence-corrected chi connectivity index (χ4v) is 5.58. The molecular formula is C25H28Cl2F2N2. The zero-order valence-corrected chi connectivity index (χ0v) is 19.6. The summed E-state index contributed by atoms with van der Waals surface area (Å²) in [5.74, 6) is -1.70. The van der Waals surface area contributed by atoms with Gasteiger partial charge >= 0.3 is 0 Å². The van der Waals surface area contributed by atoms with Crippen molar-refractivity contribution in [3.05, 3.63) is 69.2 Å². The average Bonchev–Trinajstić information content (AvgIpc) is 3.12. The van der Waals surface area contributed by atoms with Crippen molar-refractivity contribution in [3.8, 4) is 6.07 Å². The maximum absolute atomic E-state index is 15.3. The van der Waals surface area contributed by atoms with Crippen LogP contribution in [0.1, 0.15) is 63.5 Å². The van der Waals surface area contributed by atoms with E-state index in [9.17, 15) is 5.26 Å². The van der Waals surface area contributed by atoms with E-state index in [1.54, 1.807) is 24.3 Å². The molecule has 0 spiro atoms. The number of nitrogens with zero attached hydrogens (tertiary/aromatic N) is 1. The molecule has 0 amide bonds. The molecule has 1 aliphatic rings. The largest absolute Gasteiger partial charge is 0.311 e. The molecule has 31 heavy (non-hydrogen) atoms. The van der Waals surface area contributed by atoms with E-state index in [1.807, 2.05) is 0 Å². The average molecular weight is 465 g/mol. The van der Waals surface area contributed by atoms with Crippen LogP contribution in [0.2, 0.25) is 10.0 Å². The normalized spacial score (nSPS) is 23.7. The second-order valence-electron chi connectivity index (χ2n) is 8.53. The van der Waals surface area contributed by atoms with Crippen molar-refractivity contribution >= 4 is 23.2 Å². The van der Waals surface area contributed by atoms with Gasteiger partial charge in [-0.25, -0.2) is 8.78 Å². The topological polar surface area (TPSA) is 35.8 Å². The van der Waals surface area contributed by atoms with Crippen molar-refractivity contribution in [3.63, 3.8) is 0 Å². The third-order valence-electron chi connectivity index (χ3n) is 7.47. The summed E-state index contributed by atoms with van der Waals surface area (Å²) in [7, 11) is 0. The second kappa shape index (κ2) is 9.45.